The summed E-state index contributed by atoms with van der Waals surface area (Å²) in [4.78, 5) is 12.3. The Morgan fingerprint density at radius 2 is 1.72 bits per heavy atom. The Bertz CT molecular complexity index is 356. The number of fused-ring (bicyclic) bond motifs is 2. The highest BCUT2D eigenvalue weighted by molar-refractivity contribution is 5.78. The Kier molecular flexibility index (Phi) is 3.05. The molecular weight excluding hydrogens is 224 g/mol. The molecular formula is C15H29N2O+. The zero-order chi connectivity index (χ0) is 13.8. The maximum atomic E-state index is 12.3. The standard InChI is InChI=1S/C15H28N2O/c1-14(2)11-7-8-12(9-11)15(14,3)16-13(18)10-17(4,5)6/h11-12H,7-10H2,1-6H3/p+1/t11-,12+,15-/m0/s1. The molecule has 3 nitrogen and oxygen atoms in total. The quantitative estimate of drug-likeness (QED) is 0.766. The van der Waals surface area contributed by atoms with Gasteiger partial charge >= 0.3 is 0 Å². The average Bonchev–Trinajstić information content (AvgIpc) is 2.66. The number of amides is 1. The highest BCUT2D eigenvalue weighted by Gasteiger charge is 2.60. The topological polar surface area (TPSA) is 29.1 Å². The van der Waals surface area contributed by atoms with Gasteiger partial charge in [0.2, 0.25) is 0 Å². The van der Waals surface area contributed by atoms with Gasteiger partial charge in [0.15, 0.2) is 6.54 Å². The summed E-state index contributed by atoms with van der Waals surface area (Å²) in [6.07, 6.45) is 3.93. The van der Waals surface area contributed by atoms with Gasteiger partial charge in [0, 0.05) is 5.54 Å². The SMILES string of the molecule is CC1(C)[C@H]2CC[C@H](C2)[C@]1(C)NC(=O)C[N+](C)(C)C. The maximum absolute atomic E-state index is 12.3. The van der Waals surface area contributed by atoms with Crippen molar-refractivity contribution in [2.24, 2.45) is 17.3 Å². The molecule has 2 saturated carbocycles. The minimum Gasteiger partial charge on any atom is -0.345 e. The highest BCUT2D eigenvalue weighted by atomic mass is 16.2. The molecule has 104 valence electrons. The molecule has 0 radical (unpaired) electrons. The molecule has 0 heterocycles. The molecule has 0 aromatic heterocycles. The summed E-state index contributed by atoms with van der Waals surface area (Å²) >= 11 is 0. The smallest absolute Gasteiger partial charge is 0.275 e. The minimum atomic E-state index is -0.0117. The summed E-state index contributed by atoms with van der Waals surface area (Å²) in [5, 5.41) is 3.38. The van der Waals surface area contributed by atoms with Gasteiger partial charge in [-0.05, 0) is 43.4 Å². The van der Waals surface area contributed by atoms with E-state index in [9.17, 15) is 4.79 Å². The van der Waals surface area contributed by atoms with E-state index in [4.69, 9.17) is 0 Å². The van der Waals surface area contributed by atoms with Gasteiger partial charge in [0.1, 0.15) is 0 Å². The van der Waals surface area contributed by atoms with Crippen molar-refractivity contribution in [3.63, 3.8) is 0 Å². The van der Waals surface area contributed by atoms with Crippen LogP contribution in [0, 0.1) is 17.3 Å². The van der Waals surface area contributed by atoms with E-state index >= 15 is 0 Å². The fourth-order valence-corrected chi connectivity index (χ4v) is 4.13. The second kappa shape index (κ2) is 3.96. The van der Waals surface area contributed by atoms with Gasteiger partial charge in [0.25, 0.3) is 5.91 Å². The molecule has 2 rings (SSSR count). The molecule has 2 aliphatic rings. The fraction of sp³-hybridized carbons (Fsp3) is 0.933. The predicted octanol–water partition coefficient (Wildman–Crippen LogP) is 2.02. The fourth-order valence-electron chi connectivity index (χ4n) is 4.13. The van der Waals surface area contributed by atoms with Crippen LogP contribution in [0.15, 0.2) is 0 Å². The van der Waals surface area contributed by atoms with Crippen LogP contribution in [0.3, 0.4) is 0 Å². The van der Waals surface area contributed by atoms with Gasteiger partial charge in [-0.25, -0.2) is 0 Å². The van der Waals surface area contributed by atoms with Crippen LogP contribution in [0.1, 0.15) is 40.0 Å². The Hall–Kier alpha value is -0.570. The van der Waals surface area contributed by atoms with E-state index < -0.39 is 0 Å². The van der Waals surface area contributed by atoms with E-state index in [1.807, 2.05) is 0 Å². The third kappa shape index (κ3) is 2.07. The number of hydrogen-bond acceptors (Lipinski definition) is 1. The highest BCUT2D eigenvalue weighted by Crippen LogP contribution is 2.61. The molecule has 18 heavy (non-hydrogen) atoms. The molecule has 0 aromatic rings. The summed E-state index contributed by atoms with van der Waals surface area (Å²) in [5.41, 5.74) is 0.221. The molecule has 0 spiro atoms. The second-order valence-corrected chi connectivity index (χ2v) is 8.13. The summed E-state index contributed by atoms with van der Waals surface area (Å²) in [5.74, 6) is 1.66. The zero-order valence-electron chi connectivity index (χ0n) is 12.8. The lowest BCUT2D eigenvalue weighted by Crippen LogP contribution is -2.61. The van der Waals surface area contributed by atoms with E-state index in [2.05, 4.69) is 47.2 Å². The molecule has 2 bridgehead atoms. The number of carbonyl (C=O) groups is 1. The number of hydrogen-bond donors (Lipinski definition) is 1. The molecule has 1 amide bonds. The average molecular weight is 253 g/mol. The lowest BCUT2D eigenvalue weighted by atomic mass is 9.64. The van der Waals surface area contributed by atoms with Gasteiger partial charge < -0.3 is 9.80 Å². The van der Waals surface area contributed by atoms with Crippen molar-refractivity contribution < 1.29 is 9.28 Å². The van der Waals surface area contributed by atoms with Crippen molar-refractivity contribution in [2.45, 2.75) is 45.6 Å². The molecule has 0 unspecified atom stereocenters. The molecule has 2 fully saturated rings. The Morgan fingerprint density at radius 3 is 2.17 bits per heavy atom. The van der Waals surface area contributed by atoms with Crippen molar-refractivity contribution >= 4 is 5.91 Å². The number of nitrogens with one attached hydrogen (secondary N) is 1. The molecule has 3 heteroatoms. The van der Waals surface area contributed by atoms with Gasteiger partial charge in [-0.15, -0.1) is 0 Å². The lowest BCUT2D eigenvalue weighted by molar-refractivity contribution is -0.862. The van der Waals surface area contributed by atoms with Crippen molar-refractivity contribution in [1.29, 1.82) is 0 Å². The third-order valence-corrected chi connectivity index (χ3v) is 5.63. The Labute approximate surface area is 112 Å². The Morgan fingerprint density at radius 1 is 1.17 bits per heavy atom. The van der Waals surface area contributed by atoms with E-state index in [0.29, 0.717) is 16.9 Å². The second-order valence-electron chi connectivity index (χ2n) is 8.13. The lowest BCUT2D eigenvalue weighted by Gasteiger charge is -2.48. The van der Waals surface area contributed by atoms with Crippen LogP contribution in [-0.4, -0.2) is 43.6 Å². The summed E-state index contributed by atoms with van der Waals surface area (Å²) < 4.78 is 0.691. The molecule has 0 aromatic carbocycles. The summed E-state index contributed by atoms with van der Waals surface area (Å²) in [7, 11) is 6.19. The first-order valence-corrected chi connectivity index (χ1v) is 7.18. The van der Waals surface area contributed by atoms with Crippen LogP contribution in [-0.2, 0) is 4.79 Å². The van der Waals surface area contributed by atoms with Crippen LogP contribution in [0.25, 0.3) is 0 Å². The van der Waals surface area contributed by atoms with Gasteiger partial charge in [-0.2, -0.15) is 0 Å². The van der Waals surface area contributed by atoms with E-state index in [1.165, 1.54) is 19.3 Å². The van der Waals surface area contributed by atoms with Crippen molar-refractivity contribution in [2.75, 3.05) is 27.7 Å². The van der Waals surface area contributed by atoms with Crippen LogP contribution >= 0.6 is 0 Å². The van der Waals surface area contributed by atoms with E-state index in [1.54, 1.807) is 0 Å². The van der Waals surface area contributed by atoms with Crippen LogP contribution in [0.5, 0.6) is 0 Å². The largest absolute Gasteiger partial charge is 0.345 e. The first-order chi connectivity index (χ1) is 8.06. The molecule has 0 aliphatic heterocycles. The summed E-state index contributed by atoms with van der Waals surface area (Å²) in [6, 6.07) is 0. The monoisotopic (exact) mass is 253 g/mol. The Balaban J connectivity index is 2.10. The van der Waals surface area contributed by atoms with Crippen molar-refractivity contribution in [1.82, 2.24) is 5.32 Å². The summed E-state index contributed by atoms with van der Waals surface area (Å²) in [6.45, 7) is 7.50. The first kappa shape index (κ1) is 13.9. The zero-order valence-corrected chi connectivity index (χ0v) is 12.8. The number of carbonyl (C=O) groups excluding carboxylic acids is 1. The predicted molar refractivity (Wildman–Crippen MR) is 74.1 cm³/mol. The van der Waals surface area contributed by atoms with E-state index in [-0.39, 0.29) is 16.9 Å². The maximum Gasteiger partial charge on any atom is 0.275 e. The van der Waals surface area contributed by atoms with Crippen molar-refractivity contribution in [3.05, 3.63) is 0 Å². The molecule has 2 aliphatic carbocycles. The first-order valence-electron chi connectivity index (χ1n) is 7.18. The molecule has 3 atom stereocenters. The number of quaternary nitrogens is 1. The minimum absolute atomic E-state index is 0.0117. The molecule has 0 saturated heterocycles. The van der Waals surface area contributed by atoms with Crippen LogP contribution < -0.4 is 5.32 Å². The van der Waals surface area contributed by atoms with Gasteiger partial charge in [-0.3, -0.25) is 4.79 Å². The van der Waals surface area contributed by atoms with E-state index in [0.717, 1.165) is 5.92 Å². The number of likely N-dealkylation sites (N-methyl/N-ethyl adjacent to an activating group) is 1. The third-order valence-electron chi connectivity index (χ3n) is 5.63. The molecule has 1 N–H and O–H groups in total. The number of nitrogens with zero attached hydrogens (tertiary/aromatic N) is 1. The normalized spacial score (nSPS) is 37.9. The van der Waals surface area contributed by atoms with Gasteiger partial charge in [0.05, 0.1) is 21.1 Å². The van der Waals surface area contributed by atoms with Crippen LogP contribution in [0.4, 0.5) is 0 Å². The number of rotatable bonds is 3. The van der Waals surface area contributed by atoms with Crippen LogP contribution in [0.2, 0.25) is 0 Å². The van der Waals surface area contributed by atoms with Gasteiger partial charge in [-0.1, -0.05) is 13.8 Å². The van der Waals surface area contributed by atoms with Crippen molar-refractivity contribution in [3.8, 4) is 0 Å².